The maximum Gasteiger partial charge on any atom is 0.347 e. The highest BCUT2D eigenvalue weighted by Gasteiger charge is 2.19. The number of anilines is 1. The van der Waals surface area contributed by atoms with E-state index >= 15 is 0 Å². The minimum absolute atomic E-state index is 0.0280. The summed E-state index contributed by atoms with van der Waals surface area (Å²) in [5.74, 6) is -1.62. The van der Waals surface area contributed by atoms with E-state index in [2.05, 4.69) is 20.6 Å². The van der Waals surface area contributed by atoms with Crippen LogP contribution in [-0.4, -0.2) is 37.0 Å². The van der Waals surface area contributed by atoms with E-state index in [1.807, 2.05) is 0 Å². The van der Waals surface area contributed by atoms with Gasteiger partial charge in [0.15, 0.2) is 10.8 Å². The lowest BCUT2D eigenvalue weighted by atomic mass is 10.2. The van der Waals surface area contributed by atoms with Crippen LogP contribution in [0.4, 0.5) is 5.13 Å². The number of halogens is 2. The van der Waals surface area contributed by atoms with Gasteiger partial charge in [-0.05, 0) is 24.6 Å². The number of nitrogens with zero attached hydrogens (tertiary/aromatic N) is 4. The van der Waals surface area contributed by atoms with E-state index in [0.717, 1.165) is 16.9 Å². The predicted octanol–water partition coefficient (Wildman–Crippen LogP) is 3.35. The Bertz CT molecular complexity index is 1000. The van der Waals surface area contributed by atoms with Crippen LogP contribution in [-0.2, 0) is 6.54 Å². The van der Waals surface area contributed by atoms with Crippen LogP contribution >= 0.6 is 34.5 Å². The third-order valence-corrected chi connectivity index (χ3v) is 5.09. The molecule has 3 rings (SSSR count). The number of aromatic carboxylic acids is 1. The fraction of sp³-hybridized carbons (Fsp3) is 0.133. The maximum absolute atomic E-state index is 12.3. The fourth-order valence-electron chi connectivity index (χ4n) is 2.12. The number of carbonyl (C=O) groups excluding carboxylic acids is 1. The molecule has 0 spiro atoms. The van der Waals surface area contributed by atoms with Gasteiger partial charge in [-0.15, -0.1) is 5.10 Å². The largest absolute Gasteiger partial charge is 0.477 e. The second kappa shape index (κ2) is 7.40. The zero-order valence-corrected chi connectivity index (χ0v) is 15.6. The van der Waals surface area contributed by atoms with Gasteiger partial charge in [0.25, 0.3) is 5.91 Å². The fourth-order valence-corrected chi connectivity index (χ4v) is 3.09. The molecule has 1 aromatic carbocycles. The zero-order valence-electron chi connectivity index (χ0n) is 13.2. The van der Waals surface area contributed by atoms with Crippen molar-refractivity contribution in [2.24, 2.45) is 0 Å². The Balaban J connectivity index is 1.75. The summed E-state index contributed by atoms with van der Waals surface area (Å²) in [5, 5.41) is 20.3. The van der Waals surface area contributed by atoms with E-state index < -0.39 is 11.9 Å². The van der Waals surface area contributed by atoms with Gasteiger partial charge >= 0.3 is 5.97 Å². The molecule has 0 aliphatic carbocycles. The van der Waals surface area contributed by atoms with Gasteiger partial charge in [-0.3, -0.25) is 10.1 Å². The molecule has 0 aliphatic rings. The van der Waals surface area contributed by atoms with Crippen molar-refractivity contribution < 1.29 is 14.7 Å². The Morgan fingerprint density at radius 2 is 2.08 bits per heavy atom. The SMILES string of the molecule is Cc1c(C(=O)Nc2ncc(C(=O)O)s2)nnn1Cc1ccc(Cl)c(Cl)c1. The van der Waals surface area contributed by atoms with Crippen LogP contribution in [0.15, 0.2) is 24.4 Å². The second-order valence-corrected chi connectivity index (χ2v) is 7.06. The Morgan fingerprint density at radius 1 is 1.31 bits per heavy atom. The van der Waals surface area contributed by atoms with Crippen molar-refractivity contribution in [1.29, 1.82) is 0 Å². The molecule has 8 nitrogen and oxygen atoms in total. The molecule has 0 atom stereocenters. The molecule has 3 aromatic rings. The molecular formula is C15H11Cl2N5O3S. The van der Waals surface area contributed by atoms with E-state index in [4.69, 9.17) is 28.3 Å². The molecule has 0 saturated carbocycles. The highest BCUT2D eigenvalue weighted by Crippen LogP contribution is 2.23. The average Bonchev–Trinajstić information content (AvgIpc) is 3.19. The standard InChI is InChI=1S/C15H11Cl2N5O3S/c1-7-12(13(23)19-15-18-5-11(26-15)14(24)25)20-21-22(7)6-8-2-3-9(16)10(17)4-8/h2-5H,6H2,1H3,(H,24,25)(H,18,19,23). The van der Waals surface area contributed by atoms with Crippen molar-refractivity contribution in [3.63, 3.8) is 0 Å². The monoisotopic (exact) mass is 411 g/mol. The number of hydrogen-bond donors (Lipinski definition) is 2. The Labute approximate surface area is 161 Å². The third kappa shape index (κ3) is 3.85. The maximum atomic E-state index is 12.3. The smallest absolute Gasteiger partial charge is 0.347 e. The minimum Gasteiger partial charge on any atom is -0.477 e. The summed E-state index contributed by atoms with van der Waals surface area (Å²) in [4.78, 5) is 27.1. The van der Waals surface area contributed by atoms with Gasteiger partial charge in [0.05, 0.1) is 28.5 Å². The van der Waals surface area contributed by atoms with E-state index in [-0.39, 0.29) is 15.7 Å². The van der Waals surface area contributed by atoms with Gasteiger partial charge in [0.1, 0.15) is 4.88 Å². The Hall–Kier alpha value is -2.49. The molecule has 0 aliphatic heterocycles. The molecule has 134 valence electrons. The van der Waals surface area contributed by atoms with Crippen molar-refractivity contribution in [2.75, 3.05) is 5.32 Å². The lowest BCUT2D eigenvalue weighted by Gasteiger charge is -2.05. The lowest BCUT2D eigenvalue weighted by molar-refractivity contribution is 0.0701. The van der Waals surface area contributed by atoms with E-state index in [9.17, 15) is 9.59 Å². The number of thiazole rings is 1. The number of aromatic nitrogens is 4. The van der Waals surface area contributed by atoms with Crippen molar-refractivity contribution >= 4 is 51.5 Å². The molecule has 26 heavy (non-hydrogen) atoms. The summed E-state index contributed by atoms with van der Waals surface area (Å²) in [5.41, 5.74) is 1.52. The molecule has 1 amide bonds. The number of carboxylic acid groups (broad SMARTS) is 1. The van der Waals surface area contributed by atoms with Gasteiger partial charge in [-0.1, -0.05) is 45.8 Å². The highest BCUT2D eigenvalue weighted by molar-refractivity contribution is 7.17. The summed E-state index contributed by atoms with van der Waals surface area (Å²) < 4.78 is 1.55. The normalized spacial score (nSPS) is 10.7. The Morgan fingerprint density at radius 3 is 2.73 bits per heavy atom. The summed E-state index contributed by atoms with van der Waals surface area (Å²) in [7, 11) is 0. The summed E-state index contributed by atoms with van der Waals surface area (Å²) in [6.45, 7) is 2.07. The van der Waals surface area contributed by atoms with Gasteiger partial charge in [0.2, 0.25) is 0 Å². The van der Waals surface area contributed by atoms with E-state index in [0.29, 0.717) is 22.3 Å². The minimum atomic E-state index is -1.10. The topological polar surface area (TPSA) is 110 Å². The summed E-state index contributed by atoms with van der Waals surface area (Å²) in [6.07, 6.45) is 1.18. The molecule has 0 unspecified atom stereocenters. The third-order valence-electron chi connectivity index (χ3n) is 3.45. The number of hydrogen-bond acceptors (Lipinski definition) is 6. The number of amides is 1. The lowest BCUT2D eigenvalue weighted by Crippen LogP contribution is -2.14. The molecule has 0 saturated heterocycles. The van der Waals surface area contributed by atoms with Crippen LogP contribution in [0.25, 0.3) is 0 Å². The zero-order chi connectivity index (χ0) is 18.8. The first-order valence-electron chi connectivity index (χ1n) is 7.19. The number of benzene rings is 1. The first kappa shape index (κ1) is 18.3. The van der Waals surface area contributed by atoms with Gasteiger partial charge in [-0.2, -0.15) is 0 Å². The van der Waals surface area contributed by atoms with Gasteiger partial charge in [0, 0.05) is 0 Å². The van der Waals surface area contributed by atoms with Crippen molar-refractivity contribution in [3.05, 3.63) is 56.3 Å². The molecule has 2 aromatic heterocycles. The molecule has 2 N–H and O–H groups in total. The van der Waals surface area contributed by atoms with Crippen molar-refractivity contribution in [1.82, 2.24) is 20.0 Å². The Kier molecular flexibility index (Phi) is 5.21. The van der Waals surface area contributed by atoms with Crippen LogP contribution in [0.2, 0.25) is 10.0 Å². The quantitative estimate of drug-likeness (QED) is 0.665. The molecule has 0 fully saturated rings. The second-order valence-electron chi connectivity index (χ2n) is 5.22. The number of carboxylic acids is 1. The van der Waals surface area contributed by atoms with Crippen molar-refractivity contribution in [2.45, 2.75) is 13.5 Å². The average molecular weight is 412 g/mol. The van der Waals surface area contributed by atoms with Crippen LogP contribution in [0, 0.1) is 6.92 Å². The van der Waals surface area contributed by atoms with Crippen LogP contribution in [0.1, 0.15) is 31.4 Å². The number of carbonyl (C=O) groups is 2. The summed E-state index contributed by atoms with van der Waals surface area (Å²) in [6, 6.07) is 5.20. The van der Waals surface area contributed by atoms with Crippen LogP contribution < -0.4 is 5.32 Å². The molecule has 11 heteroatoms. The van der Waals surface area contributed by atoms with E-state index in [1.54, 1.807) is 29.8 Å². The van der Waals surface area contributed by atoms with Crippen LogP contribution in [0.5, 0.6) is 0 Å². The highest BCUT2D eigenvalue weighted by atomic mass is 35.5. The summed E-state index contributed by atoms with van der Waals surface area (Å²) >= 11 is 12.8. The number of rotatable bonds is 5. The predicted molar refractivity (Wildman–Crippen MR) is 97.3 cm³/mol. The van der Waals surface area contributed by atoms with E-state index in [1.165, 1.54) is 6.20 Å². The van der Waals surface area contributed by atoms with Gasteiger partial charge < -0.3 is 5.11 Å². The van der Waals surface area contributed by atoms with Crippen LogP contribution in [0.3, 0.4) is 0 Å². The first-order valence-corrected chi connectivity index (χ1v) is 8.77. The molecule has 0 radical (unpaired) electrons. The van der Waals surface area contributed by atoms with Gasteiger partial charge in [-0.25, -0.2) is 14.5 Å². The number of nitrogens with one attached hydrogen (secondary N) is 1. The van der Waals surface area contributed by atoms with Crippen molar-refractivity contribution in [3.8, 4) is 0 Å². The molecule has 0 bridgehead atoms. The molecular weight excluding hydrogens is 401 g/mol. The first-order chi connectivity index (χ1) is 12.3. The molecule has 2 heterocycles.